The van der Waals surface area contributed by atoms with E-state index >= 15 is 0 Å². The molecule has 2 amide bonds. The number of anilines is 2. The highest BCUT2D eigenvalue weighted by atomic mass is 16.2. The van der Waals surface area contributed by atoms with Gasteiger partial charge in [-0.15, -0.1) is 10.2 Å². The average molecular weight is 559 g/mol. The third-order valence-electron chi connectivity index (χ3n) is 6.94. The van der Waals surface area contributed by atoms with E-state index in [1.807, 2.05) is 24.3 Å². The summed E-state index contributed by atoms with van der Waals surface area (Å²) in [7, 11) is 0. The molecule has 4 aromatic heterocycles. The Morgan fingerprint density at radius 1 is 0.690 bits per heavy atom. The lowest BCUT2D eigenvalue weighted by atomic mass is 9.78. The Morgan fingerprint density at radius 3 is 1.57 bits per heavy atom. The molecule has 1 fully saturated rings. The number of carbonyl (C=O) groups excluding carboxylic acids is 2. The molecule has 1 aliphatic rings. The number of nitrogens with zero attached hydrogens (tertiary/aromatic N) is 8. The van der Waals surface area contributed by atoms with Gasteiger partial charge in [0.2, 0.25) is 11.8 Å². The predicted molar refractivity (Wildman–Crippen MR) is 151 cm³/mol. The lowest BCUT2D eigenvalue weighted by Crippen LogP contribution is -2.19. The number of nitriles is 2. The Balaban J connectivity index is 1.14. The number of hydrogen-bond acceptors (Lipinski definition) is 10. The molecule has 4 heterocycles. The number of aromatic nitrogens is 6. The van der Waals surface area contributed by atoms with Crippen LogP contribution in [0, 0.1) is 22.7 Å². The number of hydrogen-bond donors (Lipinski definition) is 2. The van der Waals surface area contributed by atoms with Gasteiger partial charge >= 0.3 is 0 Å². The molecule has 0 aromatic carbocycles. The molecule has 42 heavy (non-hydrogen) atoms. The van der Waals surface area contributed by atoms with E-state index in [2.05, 4.69) is 41.0 Å². The highest BCUT2D eigenvalue weighted by Gasteiger charge is 2.27. The second-order valence-corrected chi connectivity index (χ2v) is 9.95. The van der Waals surface area contributed by atoms with Gasteiger partial charge in [-0.1, -0.05) is 18.6 Å². The van der Waals surface area contributed by atoms with Crippen LogP contribution in [-0.4, -0.2) is 42.2 Å². The summed E-state index contributed by atoms with van der Waals surface area (Å²) >= 11 is 0. The van der Waals surface area contributed by atoms with E-state index in [4.69, 9.17) is 10.5 Å². The molecule has 0 radical (unpaired) electrons. The third kappa shape index (κ3) is 7.31. The summed E-state index contributed by atoms with van der Waals surface area (Å²) in [5.74, 6) is 0.503. The van der Waals surface area contributed by atoms with Crippen LogP contribution in [0.2, 0.25) is 0 Å². The van der Waals surface area contributed by atoms with E-state index in [0.29, 0.717) is 23.0 Å². The first-order valence-electron chi connectivity index (χ1n) is 13.5. The Hall–Kier alpha value is -5.62. The highest BCUT2D eigenvalue weighted by molar-refractivity contribution is 5.91. The summed E-state index contributed by atoms with van der Waals surface area (Å²) in [4.78, 5) is 33.1. The number of carbonyl (C=O) groups is 2. The summed E-state index contributed by atoms with van der Waals surface area (Å²) in [5, 5.41) is 40.6. The molecule has 208 valence electrons. The van der Waals surface area contributed by atoms with Crippen LogP contribution in [0.5, 0.6) is 0 Å². The van der Waals surface area contributed by atoms with Crippen molar-refractivity contribution in [3.8, 4) is 12.1 Å². The molecule has 0 unspecified atom stereocenters. The molecular formula is C30H26N10O2. The van der Waals surface area contributed by atoms with Crippen LogP contribution in [0.15, 0.2) is 60.7 Å². The number of amides is 2. The minimum absolute atomic E-state index is 0.0280. The molecule has 0 aliphatic heterocycles. The van der Waals surface area contributed by atoms with Crippen molar-refractivity contribution in [3.05, 3.63) is 94.8 Å². The summed E-state index contributed by atoms with van der Waals surface area (Å²) in [6, 6.07) is 21.1. The maximum atomic E-state index is 12.4. The molecular weight excluding hydrogens is 532 g/mol. The first-order chi connectivity index (χ1) is 20.5. The molecule has 0 saturated heterocycles. The van der Waals surface area contributed by atoms with Crippen molar-refractivity contribution < 1.29 is 9.59 Å². The second kappa shape index (κ2) is 13.2. The minimum Gasteiger partial charge on any atom is -0.309 e. The molecule has 2 atom stereocenters. The minimum atomic E-state index is -0.291. The fourth-order valence-electron chi connectivity index (χ4n) is 4.96. The first-order valence-corrected chi connectivity index (χ1v) is 13.5. The highest BCUT2D eigenvalue weighted by Crippen LogP contribution is 2.40. The monoisotopic (exact) mass is 558 g/mol. The quantitative estimate of drug-likeness (QED) is 0.324. The van der Waals surface area contributed by atoms with Gasteiger partial charge in [0.05, 0.1) is 35.6 Å². The van der Waals surface area contributed by atoms with Crippen molar-refractivity contribution in [2.75, 3.05) is 10.6 Å². The van der Waals surface area contributed by atoms with Gasteiger partial charge in [-0.25, -0.2) is 9.97 Å². The third-order valence-corrected chi connectivity index (χ3v) is 6.94. The Kier molecular flexibility index (Phi) is 8.75. The Morgan fingerprint density at radius 2 is 1.17 bits per heavy atom. The van der Waals surface area contributed by atoms with Gasteiger partial charge in [-0.3, -0.25) is 9.59 Å². The smallest absolute Gasteiger partial charge is 0.231 e. The SMILES string of the molecule is N#Cc1cccc(CC(=O)Nc2ccc([C@H]3CCC[C@H](c4ccc(NC(=O)Cc5cccc(C#N)n5)nn4)C3)nn2)n1. The molecule has 2 N–H and O–H groups in total. The van der Waals surface area contributed by atoms with Crippen molar-refractivity contribution >= 4 is 23.5 Å². The van der Waals surface area contributed by atoms with Crippen molar-refractivity contribution in [3.63, 3.8) is 0 Å². The maximum Gasteiger partial charge on any atom is 0.231 e. The number of nitrogens with one attached hydrogen (secondary N) is 2. The van der Waals surface area contributed by atoms with E-state index in [1.165, 1.54) is 0 Å². The van der Waals surface area contributed by atoms with Gasteiger partial charge in [0.1, 0.15) is 23.5 Å². The standard InChI is InChI=1S/C30H26N10O2/c31-17-23-8-2-6-21(33-23)15-29(41)35-27-12-10-25(37-39-27)19-4-1-5-20(14-19)26-11-13-28(40-38-26)36-30(42)16-22-7-3-9-24(18-32)34-22/h2-3,6-13,19-20H,1,4-5,14-16H2,(H,35,39,41)(H,36,40,42)/t19-,20-/m0/s1. The number of pyridine rings is 2. The van der Waals surface area contributed by atoms with E-state index in [1.54, 1.807) is 48.5 Å². The molecule has 0 bridgehead atoms. The van der Waals surface area contributed by atoms with Crippen LogP contribution in [0.25, 0.3) is 0 Å². The topological polar surface area (TPSA) is 183 Å². The van der Waals surface area contributed by atoms with Crippen LogP contribution in [0.3, 0.4) is 0 Å². The van der Waals surface area contributed by atoms with Gasteiger partial charge < -0.3 is 10.6 Å². The van der Waals surface area contributed by atoms with Crippen molar-refractivity contribution in [1.29, 1.82) is 10.5 Å². The zero-order valence-electron chi connectivity index (χ0n) is 22.6. The Labute approximate surface area is 241 Å². The summed E-state index contributed by atoms with van der Waals surface area (Å²) in [6.45, 7) is 0. The molecule has 4 aromatic rings. The van der Waals surface area contributed by atoms with Crippen molar-refractivity contribution in [2.24, 2.45) is 0 Å². The van der Waals surface area contributed by atoms with E-state index in [-0.39, 0.29) is 47.9 Å². The summed E-state index contributed by atoms with van der Waals surface area (Å²) < 4.78 is 0. The van der Waals surface area contributed by atoms with E-state index < -0.39 is 0 Å². The van der Waals surface area contributed by atoms with Gasteiger partial charge in [-0.05, 0) is 67.8 Å². The van der Waals surface area contributed by atoms with Crippen LogP contribution in [-0.2, 0) is 22.4 Å². The largest absolute Gasteiger partial charge is 0.309 e. The molecule has 0 spiro atoms. The average Bonchev–Trinajstić information content (AvgIpc) is 3.02. The fourth-order valence-corrected chi connectivity index (χ4v) is 4.96. The molecule has 1 aliphatic carbocycles. The molecule has 12 heteroatoms. The van der Waals surface area contributed by atoms with E-state index in [0.717, 1.165) is 37.1 Å². The van der Waals surface area contributed by atoms with Crippen LogP contribution < -0.4 is 10.6 Å². The Bertz CT molecular complexity index is 1540. The summed E-state index contributed by atoms with van der Waals surface area (Å²) in [6.07, 6.45) is 3.84. The maximum absolute atomic E-state index is 12.4. The fraction of sp³-hybridized carbons (Fsp3) is 0.267. The van der Waals surface area contributed by atoms with Gasteiger partial charge in [0.25, 0.3) is 0 Å². The summed E-state index contributed by atoms with van der Waals surface area (Å²) in [5.41, 5.74) is 3.23. The first kappa shape index (κ1) is 27.9. The van der Waals surface area contributed by atoms with Crippen LogP contribution in [0.4, 0.5) is 11.6 Å². The molecule has 5 rings (SSSR count). The normalized spacial score (nSPS) is 16.0. The lowest BCUT2D eigenvalue weighted by Gasteiger charge is -2.28. The van der Waals surface area contributed by atoms with Gasteiger partial charge in [0.15, 0.2) is 11.6 Å². The van der Waals surface area contributed by atoms with Gasteiger partial charge in [0, 0.05) is 11.8 Å². The predicted octanol–water partition coefficient (Wildman–Crippen LogP) is 3.60. The number of rotatable bonds is 8. The zero-order valence-corrected chi connectivity index (χ0v) is 22.6. The second-order valence-electron chi connectivity index (χ2n) is 9.95. The molecule has 1 saturated carbocycles. The van der Waals surface area contributed by atoms with Crippen molar-refractivity contribution in [2.45, 2.75) is 50.4 Å². The van der Waals surface area contributed by atoms with Crippen LogP contribution in [0.1, 0.15) is 71.7 Å². The van der Waals surface area contributed by atoms with Crippen molar-refractivity contribution in [1.82, 2.24) is 30.4 Å². The van der Waals surface area contributed by atoms with Crippen LogP contribution >= 0.6 is 0 Å². The zero-order chi connectivity index (χ0) is 29.3. The molecule has 12 nitrogen and oxygen atoms in total. The lowest BCUT2D eigenvalue weighted by molar-refractivity contribution is -0.116. The van der Waals surface area contributed by atoms with E-state index in [9.17, 15) is 9.59 Å². The van der Waals surface area contributed by atoms with Gasteiger partial charge in [-0.2, -0.15) is 20.7 Å².